The molecule has 2 N–H and O–H groups in total. The number of anilines is 2. The standard InChI is InChI=1S/C20H22N2O2/c1-3-14-6-4-5-13(2)18(14)22-20(24)16-9-11-17(12-10-16)21-19(23)15-7-8-15/h4-6,9-12,15H,3,7-8H2,1-2H3,(H,21,23)(H,22,24). The highest BCUT2D eigenvalue weighted by molar-refractivity contribution is 6.05. The van der Waals surface area contributed by atoms with E-state index in [0.717, 1.165) is 41.8 Å². The summed E-state index contributed by atoms with van der Waals surface area (Å²) in [6.45, 7) is 4.06. The van der Waals surface area contributed by atoms with Crippen molar-refractivity contribution in [3.05, 3.63) is 59.2 Å². The van der Waals surface area contributed by atoms with E-state index >= 15 is 0 Å². The summed E-state index contributed by atoms with van der Waals surface area (Å²) in [6, 6.07) is 13.0. The first-order valence-corrected chi connectivity index (χ1v) is 8.39. The Morgan fingerprint density at radius 3 is 2.38 bits per heavy atom. The third kappa shape index (κ3) is 3.65. The lowest BCUT2D eigenvalue weighted by molar-refractivity contribution is -0.117. The molecule has 2 aromatic carbocycles. The molecule has 3 rings (SSSR count). The number of carbonyl (C=O) groups is 2. The molecule has 0 atom stereocenters. The van der Waals surface area contributed by atoms with Crippen LogP contribution >= 0.6 is 0 Å². The maximum Gasteiger partial charge on any atom is 0.255 e. The van der Waals surface area contributed by atoms with Gasteiger partial charge in [-0.25, -0.2) is 0 Å². The predicted octanol–water partition coefficient (Wildman–Crippen LogP) is 4.16. The lowest BCUT2D eigenvalue weighted by Crippen LogP contribution is -2.15. The molecule has 0 spiro atoms. The highest BCUT2D eigenvalue weighted by Crippen LogP contribution is 2.30. The van der Waals surface area contributed by atoms with Crippen LogP contribution in [0, 0.1) is 12.8 Å². The molecule has 0 radical (unpaired) electrons. The lowest BCUT2D eigenvalue weighted by atomic mass is 10.1. The van der Waals surface area contributed by atoms with Gasteiger partial charge in [0.05, 0.1) is 0 Å². The van der Waals surface area contributed by atoms with E-state index in [1.54, 1.807) is 24.3 Å². The first-order valence-electron chi connectivity index (χ1n) is 8.39. The second-order valence-electron chi connectivity index (χ2n) is 6.26. The molecule has 4 heteroatoms. The number of hydrogen-bond acceptors (Lipinski definition) is 2. The van der Waals surface area contributed by atoms with Gasteiger partial charge < -0.3 is 10.6 Å². The monoisotopic (exact) mass is 322 g/mol. The van der Waals surface area contributed by atoms with Crippen molar-refractivity contribution in [2.24, 2.45) is 5.92 Å². The van der Waals surface area contributed by atoms with Crippen LogP contribution in [0.15, 0.2) is 42.5 Å². The van der Waals surface area contributed by atoms with E-state index in [1.165, 1.54) is 0 Å². The fraction of sp³-hybridized carbons (Fsp3) is 0.300. The second-order valence-corrected chi connectivity index (χ2v) is 6.26. The van der Waals surface area contributed by atoms with Crippen LogP contribution in [0.25, 0.3) is 0 Å². The Hall–Kier alpha value is -2.62. The zero-order valence-corrected chi connectivity index (χ0v) is 14.1. The molecule has 1 aliphatic carbocycles. The molecule has 2 aromatic rings. The normalized spacial score (nSPS) is 13.4. The van der Waals surface area contributed by atoms with E-state index in [9.17, 15) is 9.59 Å². The summed E-state index contributed by atoms with van der Waals surface area (Å²) >= 11 is 0. The van der Waals surface area contributed by atoms with Crippen molar-refractivity contribution >= 4 is 23.2 Å². The quantitative estimate of drug-likeness (QED) is 0.868. The molecule has 0 aromatic heterocycles. The SMILES string of the molecule is CCc1cccc(C)c1NC(=O)c1ccc(NC(=O)C2CC2)cc1. The maximum absolute atomic E-state index is 12.5. The Bertz CT molecular complexity index is 762. The van der Waals surface area contributed by atoms with Crippen LogP contribution in [0.2, 0.25) is 0 Å². The molecule has 4 nitrogen and oxygen atoms in total. The van der Waals surface area contributed by atoms with Crippen LogP contribution in [0.1, 0.15) is 41.3 Å². The van der Waals surface area contributed by atoms with E-state index in [2.05, 4.69) is 17.6 Å². The van der Waals surface area contributed by atoms with Gasteiger partial charge in [0.25, 0.3) is 5.91 Å². The van der Waals surface area contributed by atoms with Crippen LogP contribution in [0.4, 0.5) is 11.4 Å². The Morgan fingerprint density at radius 1 is 1.04 bits per heavy atom. The van der Waals surface area contributed by atoms with Crippen LogP contribution < -0.4 is 10.6 Å². The Labute approximate surface area is 142 Å². The van der Waals surface area contributed by atoms with Crippen LogP contribution in [-0.2, 0) is 11.2 Å². The fourth-order valence-electron chi connectivity index (χ4n) is 2.68. The van der Waals surface area contributed by atoms with Crippen molar-refractivity contribution in [1.82, 2.24) is 0 Å². The van der Waals surface area contributed by atoms with Crippen molar-refractivity contribution < 1.29 is 9.59 Å². The number of aryl methyl sites for hydroxylation is 2. The highest BCUT2D eigenvalue weighted by Gasteiger charge is 2.29. The van der Waals surface area contributed by atoms with Crippen molar-refractivity contribution in [1.29, 1.82) is 0 Å². The minimum atomic E-state index is -0.140. The number of carbonyl (C=O) groups excluding carboxylic acids is 2. The number of hydrogen-bond donors (Lipinski definition) is 2. The molecular formula is C20H22N2O2. The largest absolute Gasteiger partial charge is 0.326 e. The maximum atomic E-state index is 12.5. The summed E-state index contributed by atoms with van der Waals surface area (Å²) < 4.78 is 0. The molecule has 2 amide bonds. The predicted molar refractivity (Wildman–Crippen MR) is 96.3 cm³/mol. The van der Waals surface area contributed by atoms with E-state index in [0.29, 0.717) is 5.56 Å². The first-order chi connectivity index (χ1) is 11.6. The summed E-state index contributed by atoms with van der Waals surface area (Å²) in [5.74, 6) is 0.0975. The molecule has 1 fully saturated rings. The first kappa shape index (κ1) is 16.2. The number of benzene rings is 2. The third-order valence-corrected chi connectivity index (χ3v) is 4.34. The molecule has 1 saturated carbocycles. The van der Waals surface area contributed by atoms with Gasteiger partial charge in [-0.05, 0) is 61.6 Å². The van der Waals surface area contributed by atoms with E-state index in [4.69, 9.17) is 0 Å². The van der Waals surface area contributed by atoms with Gasteiger partial charge in [-0.3, -0.25) is 9.59 Å². The van der Waals surface area contributed by atoms with Crippen molar-refractivity contribution in [2.45, 2.75) is 33.1 Å². The molecule has 0 heterocycles. The molecule has 0 bridgehead atoms. The van der Waals surface area contributed by atoms with Crippen molar-refractivity contribution in [2.75, 3.05) is 10.6 Å². The molecule has 124 valence electrons. The average molecular weight is 322 g/mol. The third-order valence-electron chi connectivity index (χ3n) is 4.34. The van der Waals surface area contributed by atoms with Crippen molar-refractivity contribution in [3.63, 3.8) is 0 Å². The fourth-order valence-corrected chi connectivity index (χ4v) is 2.68. The molecule has 24 heavy (non-hydrogen) atoms. The van der Waals surface area contributed by atoms with Crippen LogP contribution in [0.3, 0.4) is 0 Å². The summed E-state index contributed by atoms with van der Waals surface area (Å²) in [7, 11) is 0. The summed E-state index contributed by atoms with van der Waals surface area (Å²) in [5, 5.41) is 5.88. The van der Waals surface area contributed by atoms with Gasteiger partial charge in [-0.2, -0.15) is 0 Å². The zero-order chi connectivity index (χ0) is 17.1. The molecule has 0 aliphatic heterocycles. The number of rotatable bonds is 5. The minimum absolute atomic E-state index is 0.0692. The van der Waals surface area contributed by atoms with Gasteiger partial charge in [0.1, 0.15) is 0 Å². The molecule has 1 aliphatic rings. The van der Waals surface area contributed by atoms with Gasteiger partial charge in [0.2, 0.25) is 5.91 Å². The molecular weight excluding hydrogens is 300 g/mol. The Kier molecular flexibility index (Phi) is 4.65. The number of nitrogens with one attached hydrogen (secondary N) is 2. The highest BCUT2D eigenvalue weighted by atomic mass is 16.2. The van der Waals surface area contributed by atoms with E-state index in [-0.39, 0.29) is 17.7 Å². The van der Waals surface area contributed by atoms with Gasteiger partial charge in [-0.1, -0.05) is 25.1 Å². The van der Waals surface area contributed by atoms with Crippen LogP contribution in [-0.4, -0.2) is 11.8 Å². The van der Waals surface area contributed by atoms with E-state index < -0.39 is 0 Å². The van der Waals surface area contributed by atoms with Gasteiger partial charge in [-0.15, -0.1) is 0 Å². The summed E-state index contributed by atoms with van der Waals surface area (Å²) in [6.07, 6.45) is 2.81. The van der Waals surface area contributed by atoms with Gasteiger partial charge >= 0.3 is 0 Å². The van der Waals surface area contributed by atoms with E-state index in [1.807, 2.05) is 25.1 Å². The Morgan fingerprint density at radius 2 is 1.75 bits per heavy atom. The summed E-state index contributed by atoms with van der Waals surface area (Å²) in [4.78, 5) is 24.2. The minimum Gasteiger partial charge on any atom is -0.326 e. The zero-order valence-electron chi connectivity index (χ0n) is 14.1. The van der Waals surface area contributed by atoms with Crippen molar-refractivity contribution in [3.8, 4) is 0 Å². The summed E-state index contributed by atoms with van der Waals surface area (Å²) in [5.41, 5.74) is 4.36. The van der Waals surface area contributed by atoms with Gasteiger partial charge in [0.15, 0.2) is 0 Å². The average Bonchev–Trinajstić information content (AvgIpc) is 3.42. The topological polar surface area (TPSA) is 58.2 Å². The van der Waals surface area contributed by atoms with Crippen LogP contribution in [0.5, 0.6) is 0 Å². The number of para-hydroxylation sites is 1. The molecule has 0 saturated heterocycles. The smallest absolute Gasteiger partial charge is 0.255 e. The Balaban J connectivity index is 1.70. The van der Waals surface area contributed by atoms with Gasteiger partial charge in [0, 0.05) is 22.9 Å². The second kappa shape index (κ2) is 6.87. The molecule has 0 unspecified atom stereocenters. The number of amides is 2. The lowest BCUT2D eigenvalue weighted by Gasteiger charge is -2.13.